The summed E-state index contributed by atoms with van der Waals surface area (Å²) in [7, 11) is 3.07. The molecule has 0 saturated carbocycles. The standard InChI is InChI=1S/C50H48N2O14/c1-51(37-14-17-41-31(22-37)7-5-9-45(41)57)47(59)43-16-13-33(21-36(43)26-54)49(61)65-29-39(55)27-63-19-3-4-20-64-28-40(56)30-66-50(62)34-11-12-35(25-53)44(24-34)48(60)52(2)38-15-18-42-32(23-38)8-6-10-46(42)58/h5-18,21-26,39-40,55-58H,3-4,19-20,27-30H2,1-2H3. The number of hydrogen-bond acceptors (Lipinski definition) is 14. The number of fused-ring (bicyclic) bond motifs is 2. The van der Waals surface area contributed by atoms with Crippen LogP contribution in [0.15, 0.2) is 109 Å². The molecular weight excluding hydrogens is 853 g/mol. The molecule has 0 radical (unpaired) electrons. The lowest BCUT2D eigenvalue weighted by Crippen LogP contribution is -2.28. The number of aliphatic hydroxyl groups is 2. The molecule has 0 fully saturated rings. The van der Waals surface area contributed by atoms with Gasteiger partial charge in [-0.05, 0) is 102 Å². The summed E-state index contributed by atoms with van der Waals surface area (Å²) in [6, 6.07) is 28.1. The Hall–Kier alpha value is -7.50. The van der Waals surface area contributed by atoms with Crippen LogP contribution in [0.25, 0.3) is 21.5 Å². The third kappa shape index (κ3) is 11.8. The molecule has 0 saturated heterocycles. The van der Waals surface area contributed by atoms with E-state index < -0.39 is 42.6 Å². The van der Waals surface area contributed by atoms with E-state index in [1.807, 2.05) is 0 Å². The fraction of sp³-hybridized carbons (Fsp3) is 0.240. The summed E-state index contributed by atoms with van der Waals surface area (Å²) in [6.07, 6.45) is -0.245. The van der Waals surface area contributed by atoms with E-state index in [0.29, 0.717) is 52.9 Å². The monoisotopic (exact) mass is 900 g/mol. The van der Waals surface area contributed by atoms with Gasteiger partial charge >= 0.3 is 11.9 Å². The zero-order valence-corrected chi connectivity index (χ0v) is 36.1. The number of amides is 2. The number of ether oxygens (including phenoxy) is 4. The largest absolute Gasteiger partial charge is 0.507 e. The Morgan fingerprint density at radius 1 is 0.545 bits per heavy atom. The zero-order chi connectivity index (χ0) is 47.3. The molecule has 6 aromatic rings. The van der Waals surface area contributed by atoms with Crippen molar-refractivity contribution in [3.05, 3.63) is 143 Å². The number of aromatic hydroxyl groups is 2. The maximum atomic E-state index is 13.5. The van der Waals surface area contributed by atoms with E-state index >= 15 is 0 Å². The van der Waals surface area contributed by atoms with E-state index in [0.717, 1.165) is 5.39 Å². The first-order valence-corrected chi connectivity index (χ1v) is 20.8. The van der Waals surface area contributed by atoms with Gasteiger partial charge in [-0.25, -0.2) is 9.59 Å². The van der Waals surface area contributed by atoms with Crippen molar-refractivity contribution in [3.63, 3.8) is 0 Å². The molecule has 0 aliphatic heterocycles. The van der Waals surface area contributed by atoms with Gasteiger partial charge in [-0.15, -0.1) is 0 Å². The van der Waals surface area contributed by atoms with Gasteiger partial charge in [0.1, 0.15) is 36.9 Å². The minimum absolute atomic E-state index is 0.00319. The molecule has 2 unspecified atom stereocenters. The minimum atomic E-state index is -1.15. The predicted molar refractivity (Wildman–Crippen MR) is 244 cm³/mol. The summed E-state index contributed by atoms with van der Waals surface area (Å²) in [6.45, 7) is -0.554. The topological polar surface area (TPSA) is 227 Å². The predicted octanol–water partition coefficient (Wildman–Crippen LogP) is 6.13. The maximum absolute atomic E-state index is 13.5. The number of phenolic OH excluding ortho intramolecular Hbond substituents is 2. The molecule has 0 bridgehead atoms. The molecule has 342 valence electrons. The van der Waals surface area contributed by atoms with E-state index in [9.17, 15) is 49.2 Å². The van der Waals surface area contributed by atoms with Crippen molar-refractivity contribution in [2.75, 3.05) is 63.5 Å². The summed E-state index contributed by atoms with van der Waals surface area (Å²) in [4.78, 5) is 78.8. The second-order valence-corrected chi connectivity index (χ2v) is 15.3. The zero-order valence-electron chi connectivity index (χ0n) is 36.1. The number of hydrogen-bond donors (Lipinski definition) is 4. The van der Waals surface area contributed by atoms with Crippen molar-refractivity contribution >= 4 is 69.2 Å². The molecular formula is C50H48N2O14. The number of benzene rings is 6. The molecule has 0 spiro atoms. The Morgan fingerprint density at radius 2 is 1.02 bits per heavy atom. The lowest BCUT2D eigenvalue weighted by atomic mass is 10.0. The van der Waals surface area contributed by atoms with Gasteiger partial charge in [-0.1, -0.05) is 30.3 Å². The number of carbonyl (C=O) groups excluding carboxylic acids is 6. The van der Waals surface area contributed by atoms with Crippen LogP contribution in [-0.4, -0.2) is 123 Å². The second-order valence-electron chi connectivity index (χ2n) is 15.3. The van der Waals surface area contributed by atoms with Crippen molar-refractivity contribution in [1.82, 2.24) is 0 Å². The van der Waals surface area contributed by atoms with Crippen LogP contribution in [0.3, 0.4) is 0 Å². The Labute approximate surface area is 379 Å². The normalized spacial score (nSPS) is 12.0. The summed E-state index contributed by atoms with van der Waals surface area (Å²) < 4.78 is 21.4. The molecule has 66 heavy (non-hydrogen) atoms. The SMILES string of the molecule is CN(C(=O)c1ccc(C(=O)OCC(O)COCCCCOCC(O)COC(=O)c2ccc(C=O)c(C(=O)N(C)c3ccc4c(O)cccc4c3)c2)cc1C=O)c1ccc2c(O)cccc2c1. The number of aldehydes is 2. The number of rotatable bonds is 21. The first kappa shape index (κ1) is 48.0. The van der Waals surface area contributed by atoms with E-state index in [-0.39, 0.29) is 77.9 Å². The van der Waals surface area contributed by atoms with Crippen LogP contribution in [0.4, 0.5) is 11.4 Å². The lowest BCUT2D eigenvalue weighted by molar-refractivity contribution is -0.0182. The van der Waals surface area contributed by atoms with E-state index in [1.54, 1.807) is 79.8 Å². The van der Waals surface area contributed by atoms with Crippen LogP contribution in [0.5, 0.6) is 11.5 Å². The lowest BCUT2D eigenvalue weighted by Gasteiger charge is -2.19. The molecule has 2 amide bonds. The quantitative estimate of drug-likeness (QED) is 0.0362. The number of phenols is 2. The van der Waals surface area contributed by atoms with E-state index in [2.05, 4.69) is 0 Å². The molecule has 0 aliphatic rings. The van der Waals surface area contributed by atoms with Gasteiger partial charge in [0.25, 0.3) is 11.8 Å². The first-order valence-electron chi connectivity index (χ1n) is 20.8. The van der Waals surface area contributed by atoms with Crippen molar-refractivity contribution in [2.24, 2.45) is 0 Å². The number of unbranched alkanes of at least 4 members (excludes halogenated alkanes) is 1. The first-order chi connectivity index (χ1) is 31.8. The number of aliphatic hydroxyl groups excluding tert-OH is 2. The molecule has 6 rings (SSSR count). The average molecular weight is 901 g/mol. The van der Waals surface area contributed by atoms with Crippen LogP contribution in [0, 0.1) is 0 Å². The number of nitrogens with zero attached hydrogens (tertiary/aromatic N) is 2. The summed E-state index contributed by atoms with van der Waals surface area (Å²) in [5.41, 5.74) is 1.10. The Morgan fingerprint density at radius 3 is 1.52 bits per heavy atom. The summed E-state index contributed by atoms with van der Waals surface area (Å²) >= 11 is 0. The maximum Gasteiger partial charge on any atom is 0.338 e. The third-order valence-corrected chi connectivity index (χ3v) is 10.6. The van der Waals surface area contributed by atoms with Crippen molar-refractivity contribution in [1.29, 1.82) is 0 Å². The molecule has 16 nitrogen and oxygen atoms in total. The van der Waals surface area contributed by atoms with Crippen molar-refractivity contribution in [2.45, 2.75) is 25.0 Å². The highest BCUT2D eigenvalue weighted by atomic mass is 16.6. The minimum Gasteiger partial charge on any atom is -0.507 e. The average Bonchev–Trinajstić information content (AvgIpc) is 3.34. The second kappa shape index (κ2) is 22.4. The van der Waals surface area contributed by atoms with Crippen LogP contribution < -0.4 is 9.80 Å². The molecule has 0 heterocycles. The third-order valence-electron chi connectivity index (χ3n) is 10.6. The van der Waals surface area contributed by atoms with Gasteiger partial charge < -0.3 is 49.2 Å². The Balaban J connectivity index is 0.857. The highest BCUT2D eigenvalue weighted by Gasteiger charge is 2.23. The molecule has 6 aromatic carbocycles. The molecule has 2 atom stereocenters. The van der Waals surface area contributed by atoms with Gasteiger partial charge in [-0.2, -0.15) is 0 Å². The van der Waals surface area contributed by atoms with Crippen LogP contribution in [0.1, 0.15) is 75.0 Å². The fourth-order valence-electron chi connectivity index (χ4n) is 6.93. The summed E-state index contributed by atoms with van der Waals surface area (Å²) in [5.74, 6) is -2.48. The van der Waals surface area contributed by atoms with Gasteiger partial charge in [0.05, 0.1) is 35.5 Å². The van der Waals surface area contributed by atoms with Crippen LogP contribution >= 0.6 is 0 Å². The Bertz CT molecular complexity index is 2750. The highest BCUT2D eigenvalue weighted by molar-refractivity contribution is 6.13. The Kier molecular flexibility index (Phi) is 16.3. The van der Waals surface area contributed by atoms with Gasteiger partial charge in [0, 0.05) is 60.6 Å². The van der Waals surface area contributed by atoms with Crippen molar-refractivity contribution in [3.8, 4) is 11.5 Å². The number of carbonyl (C=O) groups is 6. The van der Waals surface area contributed by atoms with Gasteiger partial charge in [0.2, 0.25) is 0 Å². The van der Waals surface area contributed by atoms with Crippen LogP contribution in [0.2, 0.25) is 0 Å². The van der Waals surface area contributed by atoms with E-state index in [4.69, 9.17) is 18.9 Å². The van der Waals surface area contributed by atoms with Gasteiger partial charge in [-0.3, -0.25) is 19.2 Å². The number of anilines is 2. The smallest absolute Gasteiger partial charge is 0.338 e. The van der Waals surface area contributed by atoms with E-state index in [1.165, 1.54) is 53.2 Å². The summed E-state index contributed by atoms with van der Waals surface area (Å²) in [5, 5.41) is 43.5. The molecule has 16 heteroatoms. The molecule has 0 aliphatic carbocycles. The molecule has 4 N–H and O–H groups in total. The number of esters is 2. The van der Waals surface area contributed by atoms with Crippen LogP contribution in [-0.2, 0) is 18.9 Å². The van der Waals surface area contributed by atoms with Crippen molar-refractivity contribution < 1.29 is 68.1 Å². The van der Waals surface area contributed by atoms with Gasteiger partial charge in [0.15, 0.2) is 12.6 Å². The highest BCUT2D eigenvalue weighted by Crippen LogP contribution is 2.30. The fourth-order valence-corrected chi connectivity index (χ4v) is 6.93. The molecule has 0 aromatic heterocycles.